The van der Waals surface area contributed by atoms with Gasteiger partial charge in [-0.1, -0.05) is 31.6 Å². The van der Waals surface area contributed by atoms with Gasteiger partial charge in [-0.3, -0.25) is 0 Å². The molecule has 0 aliphatic carbocycles. The molecule has 1 rings (SSSR count). The maximum absolute atomic E-state index is 10.7. The molecule has 5 heteroatoms. The number of quaternary nitrogens is 1. The van der Waals surface area contributed by atoms with Gasteiger partial charge in [-0.2, -0.15) is 0 Å². The van der Waals surface area contributed by atoms with Crippen molar-refractivity contribution in [2.24, 2.45) is 0 Å². The first-order valence-electron chi connectivity index (χ1n) is 6.44. The Morgan fingerprint density at radius 1 is 1.42 bits per heavy atom. The van der Waals surface area contributed by atoms with E-state index in [0.29, 0.717) is 6.04 Å². The van der Waals surface area contributed by atoms with Crippen LogP contribution in [0.3, 0.4) is 0 Å². The average molecular weight is 269 g/mol. The highest BCUT2D eigenvalue weighted by Gasteiger charge is 2.03. The van der Waals surface area contributed by atoms with Crippen LogP contribution < -0.4 is 10.8 Å². The topological polar surface area (TPSA) is 108 Å². The highest BCUT2D eigenvalue weighted by atomic mass is 16.4. The smallest absolute Gasteiger partial charge is 0.335 e. The van der Waals surface area contributed by atoms with Crippen LogP contribution in [0.4, 0.5) is 0 Å². The lowest BCUT2D eigenvalue weighted by Gasteiger charge is -2.08. The standard InChI is InChI=1S/C7H17N.C7H6O4/c1-3-4-5-6-7(2)8;8-4-1-2-6(9)5(3-4)7(10)11/h7H,3-6,8H2,1-2H3;1-3,8-9H,(H,10,11)/t7-;/m0./s1. The molecule has 1 aromatic carbocycles. The van der Waals surface area contributed by atoms with E-state index in [1.807, 2.05) is 0 Å². The predicted octanol–water partition coefficient (Wildman–Crippen LogP) is 1.36. The second kappa shape index (κ2) is 9.22. The summed E-state index contributed by atoms with van der Waals surface area (Å²) in [5.74, 6) is -2.15. The number of hydrogen-bond acceptors (Lipinski definition) is 3. The second-order valence-corrected chi connectivity index (χ2v) is 4.59. The summed E-state index contributed by atoms with van der Waals surface area (Å²) in [5, 5.41) is 27.9. The van der Waals surface area contributed by atoms with Crippen molar-refractivity contribution in [2.75, 3.05) is 0 Å². The minimum Gasteiger partial charge on any atom is -0.872 e. The highest BCUT2D eigenvalue weighted by Crippen LogP contribution is 2.19. The fourth-order valence-electron chi connectivity index (χ4n) is 1.43. The van der Waals surface area contributed by atoms with Crippen molar-refractivity contribution in [1.82, 2.24) is 0 Å². The van der Waals surface area contributed by atoms with Gasteiger partial charge < -0.3 is 21.1 Å². The minimum atomic E-state index is -1.33. The summed E-state index contributed by atoms with van der Waals surface area (Å²) in [4.78, 5) is 10.3. The lowest BCUT2D eigenvalue weighted by molar-refractivity contribution is -0.415. The molecule has 0 radical (unpaired) electrons. The number of rotatable bonds is 5. The third kappa shape index (κ3) is 8.05. The van der Waals surface area contributed by atoms with E-state index in [4.69, 9.17) is 10.2 Å². The number of carboxylic acids is 1. The summed E-state index contributed by atoms with van der Waals surface area (Å²) < 4.78 is 0. The average Bonchev–Trinajstić information content (AvgIpc) is 2.33. The summed E-state index contributed by atoms with van der Waals surface area (Å²) in [6.07, 6.45) is 5.36. The highest BCUT2D eigenvalue weighted by molar-refractivity contribution is 5.90. The fraction of sp³-hybridized carbons (Fsp3) is 0.500. The third-order valence-corrected chi connectivity index (χ3v) is 2.49. The largest absolute Gasteiger partial charge is 0.872 e. The van der Waals surface area contributed by atoms with Gasteiger partial charge in [0.1, 0.15) is 5.75 Å². The summed E-state index contributed by atoms with van der Waals surface area (Å²) in [7, 11) is 0. The summed E-state index contributed by atoms with van der Waals surface area (Å²) in [6, 6.07) is 3.74. The van der Waals surface area contributed by atoms with Crippen molar-refractivity contribution < 1.29 is 25.8 Å². The van der Waals surface area contributed by atoms with E-state index in [9.17, 15) is 9.90 Å². The number of aromatic carboxylic acids is 1. The molecule has 1 atom stereocenters. The van der Waals surface area contributed by atoms with E-state index in [-0.39, 0.29) is 5.75 Å². The van der Waals surface area contributed by atoms with Gasteiger partial charge in [-0.25, -0.2) is 4.79 Å². The van der Waals surface area contributed by atoms with Gasteiger partial charge in [-0.15, -0.1) is 0 Å². The van der Waals surface area contributed by atoms with Gasteiger partial charge in [0.2, 0.25) is 0 Å². The number of carboxylic acid groups (broad SMARTS) is 1. The van der Waals surface area contributed by atoms with E-state index >= 15 is 0 Å². The molecule has 1 aromatic rings. The van der Waals surface area contributed by atoms with Crippen LogP contribution >= 0.6 is 0 Å². The van der Waals surface area contributed by atoms with Gasteiger partial charge in [-0.05, 0) is 31.9 Å². The zero-order valence-corrected chi connectivity index (χ0v) is 11.6. The molecule has 5 nitrogen and oxygen atoms in total. The van der Waals surface area contributed by atoms with Crippen LogP contribution in [0.25, 0.3) is 0 Å². The van der Waals surface area contributed by atoms with Gasteiger partial charge in [0, 0.05) is 0 Å². The molecule has 0 unspecified atom stereocenters. The molecular formula is C14H23NO4. The quantitative estimate of drug-likeness (QED) is 0.701. The van der Waals surface area contributed by atoms with Crippen molar-refractivity contribution in [3.05, 3.63) is 23.8 Å². The molecule has 0 spiro atoms. The third-order valence-electron chi connectivity index (χ3n) is 2.49. The first-order chi connectivity index (χ1) is 8.88. The molecule has 0 aliphatic heterocycles. The molecule has 0 saturated heterocycles. The van der Waals surface area contributed by atoms with E-state index < -0.39 is 17.3 Å². The number of hydrogen-bond donors (Lipinski definition) is 3. The lowest BCUT2D eigenvalue weighted by atomic mass is 10.1. The van der Waals surface area contributed by atoms with Crippen molar-refractivity contribution in [2.45, 2.75) is 45.6 Å². The van der Waals surface area contributed by atoms with Gasteiger partial charge >= 0.3 is 5.97 Å². The predicted molar refractivity (Wildman–Crippen MR) is 71.0 cm³/mol. The molecule has 0 aliphatic rings. The zero-order valence-electron chi connectivity index (χ0n) is 11.6. The normalized spacial score (nSPS) is 11.3. The van der Waals surface area contributed by atoms with Crippen LogP contribution in [-0.2, 0) is 0 Å². The van der Waals surface area contributed by atoms with E-state index in [1.54, 1.807) is 0 Å². The number of carbonyl (C=O) groups is 1. The van der Waals surface area contributed by atoms with Crippen LogP contribution in [0.2, 0.25) is 0 Å². The SMILES string of the molecule is CCCCC[C@H](C)[NH3+].O=C(O)c1cc(O)ccc1[O-]. The molecule has 0 saturated carbocycles. The van der Waals surface area contributed by atoms with Crippen molar-refractivity contribution >= 4 is 5.97 Å². The molecule has 5 N–H and O–H groups in total. The molecule has 0 fully saturated rings. The zero-order chi connectivity index (χ0) is 14.8. The first kappa shape index (κ1) is 17.2. The Labute approximate surface area is 113 Å². The van der Waals surface area contributed by atoms with Crippen LogP contribution in [0.5, 0.6) is 11.5 Å². The van der Waals surface area contributed by atoms with Gasteiger partial charge in [0.25, 0.3) is 0 Å². The number of phenols is 1. The van der Waals surface area contributed by atoms with Crippen molar-refractivity contribution in [1.29, 1.82) is 0 Å². The molecule has 0 aromatic heterocycles. The Morgan fingerprint density at radius 3 is 2.47 bits per heavy atom. The Hall–Kier alpha value is -1.75. The van der Waals surface area contributed by atoms with Crippen LogP contribution in [0.1, 0.15) is 49.9 Å². The molecular weight excluding hydrogens is 246 g/mol. The monoisotopic (exact) mass is 269 g/mol. The molecule has 108 valence electrons. The lowest BCUT2D eigenvalue weighted by Crippen LogP contribution is -2.58. The van der Waals surface area contributed by atoms with Gasteiger partial charge in [0.05, 0.1) is 11.6 Å². The van der Waals surface area contributed by atoms with E-state index in [1.165, 1.54) is 25.7 Å². The Kier molecular flexibility index (Phi) is 8.37. The molecule has 0 heterocycles. The maximum atomic E-state index is 10.7. The number of benzene rings is 1. The van der Waals surface area contributed by atoms with Crippen LogP contribution in [0.15, 0.2) is 18.2 Å². The van der Waals surface area contributed by atoms with Crippen LogP contribution in [-0.4, -0.2) is 22.2 Å². The van der Waals surface area contributed by atoms with Crippen LogP contribution in [0, 0.1) is 0 Å². The number of unbranched alkanes of at least 4 members (excludes halogenated alkanes) is 2. The first-order valence-corrected chi connectivity index (χ1v) is 6.44. The van der Waals surface area contributed by atoms with Gasteiger partial charge in [0.15, 0.2) is 0 Å². The Balaban J connectivity index is 0.000000362. The molecule has 19 heavy (non-hydrogen) atoms. The van der Waals surface area contributed by atoms with Crippen molar-refractivity contribution in [3.63, 3.8) is 0 Å². The minimum absolute atomic E-state index is 0.220. The van der Waals surface area contributed by atoms with E-state index in [0.717, 1.165) is 18.2 Å². The molecule has 0 bridgehead atoms. The second-order valence-electron chi connectivity index (χ2n) is 4.59. The number of aromatic hydroxyl groups is 1. The molecule has 0 amide bonds. The summed E-state index contributed by atoms with van der Waals surface area (Å²) >= 11 is 0. The van der Waals surface area contributed by atoms with Crippen molar-refractivity contribution in [3.8, 4) is 11.5 Å². The summed E-state index contributed by atoms with van der Waals surface area (Å²) in [6.45, 7) is 4.41. The van der Waals surface area contributed by atoms with E-state index in [2.05, 4.69) is 19.6 Å². The summed E-state index contributed by atoms with van der Waals surface area (Å²) in [5.41, 5.74) is 3.50. The number of phenolic OH excluding ortho intramolecular Hbond substituents is 1. The maximum Gasteiger partial charge on any atom is 0.335 e. The Morgan fingerprint density at radius 2 is 2.05 bits per heavy atom. The Bertz CT molecular complexity index is 391. The fourth-order valence-corrected chi connectivity index (χ4v) is 1.43.